The Labute approximate surface area is 109 Å². The van der Waals surface area contributed by atoms with E-state index in [9.17, 15) is 9.59 Å². The Bertz CT molecular complexity index is 286. The fraction of sp³-hybridized carbons (Fsp3) is 0.846. The first-order valence-corrected chi connectivity index (χ1v) is 6.81. The molecular weight excluding hydrogens is 230 g/mol. The fourth-order valence-corrected chi connectivity index (χ4v) is 2.16. The van der Waals surface area contributed by atoms with Crippen LogP contribution in [-0.4, -0.2) is 42.4 Å². The minimum atomic E-state index is -0.466. The molecule has 1 aliphatic rings. The molecule has 5 nitrogen and oxygen atoms in total. The maximum Gasteiger partial charge on any atom is 0.236 e. The summed E-state index contributed by atoms with van der Waals surface area (Å²) in [6.45, 7) is 6.17. The lowest BCUT2D eigenvalue weighted by Crippen LogP contribution is -2.42. The van der Waals surface area contributed by atoms with Crippen LogP contribution < -0.4 is 11.1 Å². The Morgan fingerprint density at radius 3 is 2.44 bits per heavy atom. The van der Waals surface area contributed by atoms with Crippen molar-refractivity contribution in [2.75, 3.05) is 19.6 Å². The highest BCUT2D eigenvalue weighted by molar-refractivity contribution is 5.82. The SMILES string of the molecule is CC(C)C[C@@H](N)C(=O)NCCC(=O)N1CCCC1. The number of hydrogen-bond donors (Lipinski definition) is 2. The molecule has 1 heterocycles. The highest BCUT2D eigenvalue weighted by Gasteiger charge is 2.18. The van der Waals surface area contributed by atoms with Gasteiger partial charge >= 0.3 is 0 Å². The maximum atomic E-state index is 11.7. The third-order valence-corrected chi connectivity index (χ3v) is 3.16. The van der Waals surface area contributed by atoms with E-state index in [1.54, 1.807) is 0 Å². The molecule has 2 amide bonds. The second-order valence-electron chi connectivity index (χ2n) is 5.36. The van der Waals surface area contributed by atoms with Gasteiger partial charge in [0.05, 0.1) is 6.04 Å². The van der Waals surface area contributed by atoms with Crippen molar-refractivity contribution in [2.24, 2.45) is 11.7 Å². The van der Waals surface area contributed by atoms with Gasteiger partial charge in [-0.3, -0.25) is 9.59 Å². The Morgan fingerprint density at radius 2 is 1.89 bits per heavy atom. The quantitative estimate of drug-likeness (QED) is 0.725. The van der Waals surface area contributed by atoms with Gasteiger partial charge in [-0.1, -0.05) is 13.8 Å². The van der Waals surface area contributed by atoms with Crippen molar-refractivity contribution < 1.29 is 9.59 Å². The molecule has 0 saturated carbocycles. The molecule has 1 rings (SSSR count). The van der Waals surface area contributed by atoms with Gasteiger partial charge in [-0.05, 0) is 25.2 Å². The van der Waals surface area contributed by atoms with Crippen LogP contribution in [0.15, 0.2) is 0 Å². The molecule has 0 aromatic rings. The van der Waals surface area contributed by atoms with Gasteiger partial charge in [0.15, 0.2) is 0 Å². The van der Waals surface area contributed by atoms with Gasteiger partial charge in [0.2, 0.25) is 11.8 Å². The summed E-state index contributed by atoms with van der Waals surface area (Å²) in [5.74, 6) is 0.375. The first-order chi connectivity index (χ1) is 8.50. The number of nitrogens with two attached hydrogens (primary N) is 1. The standard InChI is InChI=1S/C13H25N3O2/c1-10(2)9-11(14)13(18)15-6-5-12(17)16-7-3-4-8-16/h10-11H,3-9,14H2,1-2H3,(H,15,18)/t11-/m1/s1. The zero-order chi connectivity index (χ0) is 13.5. The van der Waals surface area contributed by atoms with Crippen LogP contribution in [0.3, 0.4) is 0 Å². The third-order valence-electron chi connectivity index (χ3n) is 3.16. The van der Waals surface area contributed by atoms with Crippen LogP contribution in [0.5, 0.6) is 0 Å². The van der Waals surface area contributed by atoms with Crippen LogP contribution in [0.4, 0.5) is 0 Å². The highest BCUT2D eigenvalue weighted by Crippen LogP contribution is 2.08. The molecule has 3 N–H and O–H groups in total. The molecule has 0 spiro atoms. The zero-order valence-corrected chi connectivity index (χ0v) is 11.4. The Kier molecular flexibility index (Phi) is 6.12. The summed E-state index contributed by atoms with van der Waals surface area (Å²) in [4.78, 5) is 25.2. The second-order valence-corrected chi connectivity index (χ2v) is 5.36. The first kappa shape index (κ1) is 15.0. The first-order valence-electron chi connectivity index (χ1n) is 6.81. The van der Waals surface area contributed by atoms with E-state index in [1.165, 1.54) is 0 Å². The smallest absolute Gasteiger partial charge is 0.236 e. The van der Waals surface area contributed by atoms with Gasteiger partial charge in [0.1, 0.15) is 0 Å². The minimum Gasteiger partial charge on any atom is -0.354 e. The van der Waals surface area contributed by atoms with Crippen molar-refractivity contribution in [1.82, 2.24) is 10.2 Å². The molecule has 0 aromatic carbocycles. The predicted molar refractivity (Wildman–Crippen MR) is 70.9 cm³/mol. The second kappa shape index (κ2) is 7.36. The minimum absolute atomic E-state index is 0.130. The van der Waals surface area contributed by atoms with E-state index < -0.39 is 6.04 Å². The Morgan fingerprint density at radius 1 is 1.28 bits per heavy atom. The number of nitrogens with zero attached hydrogens (tertiary/aromatic N) is 1. The predicted octanol–water partition coefficient (Wildman–Crippen LogP) is 0.489. The summed E-state index contributed by atoms with van der Waals surface area (Å²) in [6, 6.07) is -0.466. The molecule has 0 unspecified atom stereocenters. The Hall–Kier alpha value is -1.10. The third kappa shape index (κ3) is 5.04. The molecule has 0 aliphatic carbocycles. The summed E-state index contributed by atoms with van der Waals surface area (Å²) in [5, 5.41) is 2.73. The van der Waals surface area contributed by atoms with Crippen molar-refractivity contribution in [3.63, 3.8) is 0 Å². The number of amides is 2. The summed E-state index contributed by atoms with van der Waals surface area (Å²) in [7, 11) is 0. The van der Waals surface area contributed by atoms with Gasteiger partial charge in [-0.25, -0.2) is 0 Å². The molecule has 1 saturated heterocycles. The summed E-state index contributed by atoms with van der Waals surface area (Å²) >= 11 is 0. The number of carbonyl (C=O) groups excluding carboxylic acids is 2. The normalized spacial score (nSPS) is 17.0. The summed E-state index contributed by atoms with van der Waals surface area (Å²) in [5.41, 5.74) is 5.75. The zero-order valence-electron chi connectivity index (χ0n) is 11.4. The summed E-state index contributed by atoms with van der Waals surface area (Å²) < 4.78 is 0. The number of rotatable bonds is 6. The van der Waals surface area contributed by atoms with Gasteiger partial charge in [-0.15, -0.1) is 0 Å². The molecule has 0 bridgehead atoms. The topological polar surface area (TPSA) is 75.4 Å². The highest BCUT2D eigenvalue weighted by atomic mass is 16.2. The van der Waals surface area contributed by atoms with Crippen LogP contribution in [0.25, 0.3) is 0 Å². The average molecular weight is 255 g/mol. The van der Waals surface area contributed by atoms with E-state index in [-0.39, 0.29) is 11.8 Å². The molecule has 0 radical (unpaired) electrons. The van der Waals surface area contributed by atoms with E-state index >= 15 is 0 Å². The van der Waals surface area contributed by atoms with Crippen molar-refractivity contribution in [3.8, 4) is 0 Å². The molecule has 1 aliphatic heterocycles. The van der Waals surface area contributed by atoms with Gasteiger partial charge < -0.3 is 16.0 Å². The van der Waals surface area contributed by atoms with Crippen LogP contribution >= 0.6 is 0 Å². The molecule has 18 heavy (non-hydrogen) atoms. The van der Waals surface area contributed by atoms with Crippen LogP contribution in [0.2, 0.25) is 0 Å². The Balaban J connectivity index is 2.16. The lowest BCUT2D eigenvalue weighted by molar-refractivity contribution is -0.130. The van der Waals surface area contributed by atoms with E-state index in [0.717, 1.165) is 25.9 Å². The van der Waals surface area contributed by atoms with E-state index in [4.69, 9.17) is 5.73 Å². The van der Waals surface area contributed by atoms with Crippen LogP contribution in [0.1, 0.15) is 39.5 Å². The molecular formula is C13H25N3O2. The molecule has 5 heteroatoms. The maximum absolute atomic E-state index is 11.7. The van der Waals surface area contributed by atoms with Gasteiger partial charge in [0, 0.05) is 26.1 Å². The number of hydrogen-bond acceptors (Lipinski definition) is 3. The lowest BCUT2D eigenvalue weighted by atomic mass is 10.0. The number of carbonyl (C=O) groups is 2. The van der Waals surface area contributed by atoms with Crippen molar-refractivity contribution in [3.05, 3.63) is 0 Å². The van der Waals surface area contributed by atoms with E-state index in [0.29, 0.717) is 25.3 Å². The number of likely N-dealkylation sites (tertiary alicyclic amines) is 1. The number of nitrogens with one attached hydrogen (secondary N) is 1. The molecule has 104 valence electrons. The van der Waals surface area contributed by atoms with Gasteiger partial charge in [-0.2, -0.15) is 0 Å². The lowest BCUT2D eigenvalue weighted by Gasteiger charge is -2.17. The molecule has 1 atom stereocenters. The fourth-order valence-electron chi connectivity index (χ4n) is 2.16. The van der Waals surface area contributed by atoms with Gasteiger partial charge in [0.25, 0.3) is 0 Å². The van der Waals surface area contributed by atoms with Crippen molar-refractivity contribution >= 4 is 11.8 Å². The average Bonchev–Trinajstić information content (AvgIpc) is 2.81. The molecule has 0 aromatic heterocycles. The molecule has 1 fully saturated rings. The largest absolute Gasteiger partial charge is 0.354 e. The summed E-state index contributed by atoms with van der Waals surface area (Å²) in [6.07, 6.45) is 3.24. The van der Waals surface area contributed by atoms with E-state index in [1.807, 2.05) is 18.7 Å². The monoisotopic (exact) mass is 255 g/mol. The van der Waals surface area contributed by atoms with Crippen LogP contribution in [0, 0.1) is 5.92 Å². The van der Waals surface area contributed by atoms with Crippen molar-refractivity contribution in [1.29, 1.82) is 0 Å². The van der Waals surface area contributed by atoms with Crippen molar-refractivity contribution in [2.45, 2.75) is 45.6 Å². The van der Waals surface area contributed by atoms with E-state index in [2.05, 4.69) is 5.32 Å². The van der Waals surface area contributed by atoms with Crippen LogP contribution in [-0.2, 0) is 9.59 Å².